The molecular weight excluding hydrogens is 200 g/mol. The van der Waals surface area contributed by atoms with Crippen molar-refractivity contribution in [2.24, 2.45) is 0 Å². The minimum Gasteiger partial charge on any atom is -0.252 e. The molecular formula is C8H10F4N2. The van der Waals surface area contributed by atoms with Crippen LogP contribution in [0.15, 0.2) is 6.20 Å². The summed E-state index contributed by atoms with van der Waals surface area (Å²) in [7, 11) is 0. The third-order valence-corrected chi connectivity index (χ3v) is 1.63. The molecule has 0 saturated heterocycles. The third kappa shape index (κ3) is 1.88. The largest absolute Gasteiger partial charge is 0.435 e. The number of nitrogens with zero attached hydrogens (tertiary/aromatic N) is 2. The van der Waals surface area contributed by atoms with E-state index in [0.29, 0.717) is 10.9 Å². The second-order valence-corrected chi connectivity index (χ2v) is 3.92. The lowest BCUT2D eigenvalue weighted by Gasteiger charge is -2.23. The molecule has 0 N–H and O–H groups in total. The molecule has 0 aliphatic heterocycles. The van der Waals surface area contributed by atoms with Gasteiger partial charge < -0.3 is 0 Å². The second kappa shape index (κ2) is 2.96. The molecule has 1 aromatic heterocycles. The van der Waals surface area contributed by atoms with Crippen LogP contribution in [0.4, 0.5) is 17.6 Å². The molecule has 1 aromatic rings. The lowest BCUT2D eigenvalue weighted by atomic mass is 10.1. The summed E-state index contributed by atoms with van der Waals surface area (Å²) >= 11 is 0. The summed E-state index contributed by atoms with van der Waals surface area (Å²) < 4.78 is 50.6. The Morgan fingerprint density at radius 1 is 1.21 bits per heavy atom. The van der Waals surface area contributed by atoms with E-state index < -0.39 is 23.2 Å². The first-order chi connectivity index (χ1) is 6.14. The molecule has 14 heavy (non-hydrogen) atoms. The average molecular weight is 210 g/mol. The Morgan fingerprint density at radius 2 is 1.71 bits per heavy atom. The summed E-state index contributed by atoms with van der Waals surface area (Å²) in [4.78, 5) is 0. The van der Waals surface area contributed by atoms with Crippen molar-refractivity contribution in [2.45, 2.75) is 32.5 Å². The highest BCUT2D eigenvalue weighted by molar-refractivity contribution is 5.10. The first kappa shape index (κ1) is 11.0. The van der Waals surface area contributed by atoms with E-state index >= 15 is 0 Å². The predicted octanol–water partition coefficient (Wildman–Crippen LogP) is 2.80. The van der Waals surface area contributed by atoms with Gasteiger partial charge in [0.25, 0.3) is 0 Å². The van der Waals surface area contributed by atoms with Gasteiger partial charge in [-0.2, -0.15) is 18.3 Å². The predicted molar refractivity (Wildman–Crippen MR) is 42.2 cm³/mol. The highest BCUT2D eigenvalue weighted by Crippen LogP contribution is 2.33. The zero-order valence-electron chi connectivity index (χ0n) is 7.98. The smallest absolute Gasteiger partial charge is 0.252 e. The van der Waals surface area contributed by atoms with Gasteiger partial charge in [-0.3, -0.25) is 4.68 Å². The molecule has 0 atom stereocenters. The lowest BCUT2D eigenvalue weighted by molar-refractivity contribution is -0.148. The minimum absolute atomic E-state index is 0.577. The van der Waals surface area contributed by atoms with Gasteiger partial charge in [-0.05, 0) is 20.8 Å². The molecule has 80 valence electrons. The maximum atomic E-state index is 12.8. The van der Waals surface area contributed by atoms with Crippen LogP contribution in [0.2, 0.25) is 0 Å². The summed E-state index contributed by atoms with van der Waals surface area (Å²) in [6.07, 6.45) is -4.14. The normalized spacial score (nSPS) is 13.4. The van der Waals surface area contributed by atoms with Crippen molar-refractivity contribution in [1.82, 2.24) is 9.78 Å². The standard InChI is InChI=1S/C8H10F4N2/c1-7(2,3)14-6(8(10,11)12)5(9)4-13-14/h4H,1-3H3. The maximum absolute atomic E-state index is 12.8. The van der Waals surface area contributed by atoms with Crippen LogP contribution in [-0.2, 0) is 11.7 Å². The zero-order chi connectivity index (χ0) is 11.1. The Kier molecular flexibility index (Phi) is 2.33. The van der Waals surface area contributed by atoms with E-state index in [-0.39, 0.29) is 0 Å². The van der Waals surface area contributed by atoms with Crippen molar-refractivity contribution in [2.75, 3.05) is 0 Å². The van der Waals surface area contributed by atoms with Gasteiger partial charge >= 0.3 is 6.18 Å². The summed E-state index contributed by atoms with van der Waals surface area (Å²) in [5, 5.41) is 3.38. The third-order valence-electron chi connectivity index (χ3n) is 1.63. The van der Waals surface area contributed by atoms with E-state index in [1.807, 2.05) is 0 Å². The maximum Gasteiger partial charge on any atom is 0.435 e. The molecule has 0 aliphatic rings. The van der Waals surface area contributed by atoms with Crippen molar-refractivity contribution < 1.29 is 17.6 Å². The van der Waals surface area contributed by atoms with Crippen LogP contribution in [0.5, 0.6) is 0 Å². The summed E-state index contributed by atoms with van der Waals surface area (Å²) in [5.74, 6) is -1.34. The average Bonchev–Trinajstić information content (AvgIpc) is 2.27. The lowest BCUT2D eigenvalue weighted by Crippen LogP contribution is -2.29. The van der Waals surface area contributed by atoms with Gasteiger partial charge in [0.15, 0.2) is 11.5 Å². The molecule has 0 unspecified atom stereocenters. The van der Waals surface area contributed by atoms with E-state index in [1.165, 1.54) is 20.8 Å². The van der Waals surface area contributed by atoms with E-state index in [1.54, 1.807) is 0 Å². The highest BCUT2D eigenvalue weighted by Gasteiger charge is 2.41. The van der Waals surface area contributed by atoms with Crippen LogP contribution >= 0.6 is 0 Å². The Labute approximate surface area is 78.5 Å². The van der Waals surface area contributed by atoms with Gasteiger partial charge in [-0.1, -0.05) is 0 Å². The Morgan fingerprint density at radius 3 is 2.00 bits per heavy atom. The molecule has 2 nitrogen and oxygen atoms in total. The monoisotopic (exact) mass is 210 g/mol. The van der Waals surface area contributed by atoms with Crippen molar-refractivity contribution >= 4 is 0 Å². The van der Waals surface area contributed by atoms with Crippen LogP contribution < -0.4 is 0 Å². The fourth-order valence-electron chi connectivity index (χ4n) is 1.09. The van der Waals surface area contributed by atoms with Crippen LogP contribution in [0, 0.1) is 5.82 Å². The Bertz CT molecular complexity index is 332. The summed E-state index contributed by atoms with van der Waals surface area (Å²) in [5.41, 5.74) is -2.22. The van der Waals surface area contributed by atoms with E-state index in [4.69, 9.17) is 0 Å². The first-order valence-electron chi connectivity index (χ1n) is 3.95. The molecule has 0 saturated carbocycles. The molecule has 0 fully saturated rings. The fraction of sp³-hybridized carbons (Fsp3) is 0.625. The Balaban J connectivity index is 3.35. The van der Waals surface area contributed by atoms with Gasteiger partial charge in [0.1, 0.15) is 0 Å². The van der Waals surface area contributed by atoms with Crippen molar-refractivity contribution in [3.05, 3.63) is 17.7 Å². The molecule has 0 amide bonds. The molecule has 1 rings (SSSR count). The topological polar surface area (TPSA) is 17.8 Å². The molecule has 0 spiro atoms. The Hall–Kier alpha value is -1.07. The molecule has 6 heteroatoms. The molecule has 1 heterocycles. The summed E-state index contributed by atoms with van der Waals surface area (Å²) in [6, 6.07) is 0. The molecule has 0 radical (unpaired) electrons. The first-order valence-corrected chi connectivity index (χ1v) is 3.95. The van der Waals surface area contributed by atoms with E-state index in [9.17, 15) is 17.6 Å². The van der Waals surface area contributed by atoms with Crippen molar-refractivity contribution in [3.63, 3.8) is 0 Å². The highest BCUT2D eigenvalue weighted by atomic mass is 19.4. The van der Waals surface area contributed by atoms with Gasteiger partial charge in [-0.15, -0.1) is 0 Å². The van der Waals surface area contributed by atoms with Crippen molar-refractivity contribution in [3.8, 4) is 0 Å². The number of hydrogen-bond donors (Lipinski definition) is 0. The van der Waals surface area contributed by atoms with Crippen molar-refractivity contribution in [1.29, 1.82) is 0 Å². The molecule has 0 bridgehead atoms. The quantitative estimate of drug-likeness (QED) is 0.602. The van der Waals surface area contributed by atoms with Gasteiger partial charge in [-0.25, -0.2) is 4.39 Å². The van der Waals surface area contributed by atoms with Crippen LogP contribution in [-0.4, -0.2) is 9.78 Å². The number of alkyl halides is 3. The molecule has 0 aliphatic carbocycles. The van der Waals surface area contributed by atoms with Gasteiger partial charge in [0.05, 0.1) is 11.7 Å². The molecule has 0 aromatic carbocycles. The van der Waals surface area contributed by atoms with E-state index in [0.717, 1.165) is 0 Å². The number of rotatable bonds is 0. The van der Waals surface area contributed by atoms with Crippen LogP contribution in [0.25, 0.3) is 0 Å². The summed E-state index contributed by atoms with van der Waals surface area (Å²) in [6.45, 7) is 4.57. The van der Waals surface area contributed by atoms with Gasteiger partial charge in [0.2, 0.25) is 0 Å². The second-order valence-electron chi connectivity index (χ2n) is 3.92. The van der Waals surface area contributed by atoms with Crippen LogP contribution in [0.1, 0.15) is 26.5 Å². The van der Waals surface area contributed by atoms with E-state index in [2.05, 4.69) is 5.10 Å². The zero-order valence-corrected chi connectivity index (χ0v) is 7.98. The number of aromatic nitrogens is 2. The minimum atomic E-state index is -4.71. The fourth-order valence-corrected chi connectivity index (χ4v) is 1.09. The SMILES string of the molecule is CC(C)(C)n1ncc(F)c1C(F)(F)F. The van der Waals surface area contributed by atoms with Crippen LogP contribution in [0.3, 0.4) is 0 Å². The van der Waals surface area contributed by atoms with Gasteiger partial charge in [0, 0.05) is 0 Å². The number of halogens is 4. The number of hydrogen-bond acceptors (Lipinski definition) is 1.